The monoisotopic (exact) mass is 410 g/mol. The number of hydrogen-bond acceptors (Lipinski definition) is 7. The van der Waals surface area contributed by atoms with Crippen LogP contribution in [-0.4, -0.2) is 36.0 Å². The van der Waals surface area contributed by atoms with Crippen molar-refractivity contribution in [1.29, 1.82) is 0 Å². The van der Waals surface area contributed by atoms with Gasteiger partial charge < -0.3 is 14.6 Å². The van der Waals surface area contributed by atoms with Crippen molar-refractivity contribution >= 4 is 38.4 Å². The van der Waals surface area contributed by atoms with Gasteiger partial charge in [0.25, 0.3) is 5.91 Å². The predicted octanol–water partition coefficient (Wildman–Crippen LogP) is 3.80. The van der Waals surface area contributed by atoms with Crippen molar-refractivity contribution in [3.8, 4) is 11.5 Å². The number of aromatic nitrogens is 1. The Morgan fingerprint density at radius 3 is 2.59 bits per heavy atom. The van der Waals surface area contributed by atoms with Gasteiger partial charge in [-0.25, -0.2) is 4.98 Å². The van der Waals surface area contributed by atoms with Gasteiger partial charge in [-0.2, -0.15) is 0 Å². The highest BCUT2D eigenvalue weighted by Crippen LogP contribution is 2.46. The Kier molecular flexibility index (Phi) is 4.71. The molecule has 29 heavy (non-hydrogen) atoms. The molecule has 7 nitrogen and oxygen atoms in total. The van der Waals surface area contributed by atoms with E-state index in [0.717, 1.165) is 10.2 Å². The van der Waals surface area contributed by atoms with Crippen LogP contribution in [0.3, 0.4) is 0 Å². The Morgan fingerprint density at radius 1 is 1.17 bits per heavy atom. The molecule has 4 rings (SSSR count). The fraction of sp³-hybridized carbons (Fsp3) is 0.190. The molecule has 2 heterocycles. The van der Waals surface area contributed by atoms with Crippen molar-refractivity contribution in [2.24, 2.45) is 0 Å². The topological polar surface area (TPSA) is 89.0 Å². The van der Waals surface area contributed by atoms with E-state index in [1.54, 1.807) is 18.2 Å². The Balaban J connectivity index is 1.93. The quantitative estimate of drug-likeness (QED) is 0.688. The fourth-order valence-corrected chi connectivity index (χ4v) is 4.46. The lowest BCUT2D eigenvalue weighted by Gasteiger charge is -2.25. The molecule has 8 heteroatoms. The van der Waals surface area contributed by atoms with Gasteiger partial charge in [0, 0.05) is 11.6 Å². The number of amides is 1. The first-order chi connectivity index (χ1) is 14.0. The van der Waals surface area contributed by atoms with E-state index in [1.165, 1.54) is 37.4 Å². The standard InChI is InChI=1S/C21H18N2O5S/c1-11(24)17-18(13-9-8-12(27-2)10-15(13)28-3)23(20(26)19(17)25)21-22-14-6-4-5-7-16(14)29-21/h4-10,18,25H,1-3H3. The van der Waals surface area contributed by atoms with Gasteiger partial charge in [0.05, 0.1) is 30.0 Å². The smallest absolute Gasteiger partial charge is 0.296 e. The number of rotatable bonds is 5. The molecule has 0 radical (unpaired) electrons. The minimum atomic E-state index is -0.860. The maximum atomic E-state index is 13.0. The second-order valence-corrected chi connectivity index (χ2v) is 7.48. The van der Waals surface area contributed by atoms with E-state index in [4.69, 9.17) is 9.47 Å². The van der Waals surface area contributed by atoms with Gasteiger partial charge in [-0.1, -0.05) is 23.5 Å². The van der Waals surface area contributed by atoms with Crippen LogP contribution in [0, 0.1) is 0 Å². The van der Waals surface area contributed by atoms with E-state index in [9.17, 15) is 14.7 Å². The van der Waals surface area contributed by atoms with Crippen molar-refractivity contribution in [3.05, 3.63) is 59.4 Å². The molecule has 1 amide bonds. The summed E-state index contributed by atoms with van der Waals surface area (Å²) in [6.45, 7) is 1.32. The number of aliphatic hydroxyl groups is 1. The highest BCUT2D eigenvalue weighted by molar-refractivity contribution is 7.22. The third-order valence-corrected chi connectivity index (χ3v) is 5.85. The van der Waals surface area contributed by atoms with E-state index in [0.29, 0.717) is 22.2 Å². The van der Waals surface area contributed by atoms with Gasteiger partial charge in [-0.3, -0.25) is 14.5 Å². The molecule has 0 spiro atoms. The lowest BCUT2D eigenvalue weighted by Crippen LogP contribution is -2.31. The molecular formula is C21H18N2O5S. The molecule has 1 unspecified atom stereocenters. The van der Waals surface area contributed by atoms with Crippen molar-refractivity contribution in [3.63, 3.8) is 0 Å². The summed E-state index contributed by atoms with van der Waals surface area (Å²) >= 11 is 1.31. The molecule has 0 bridgehead atoms. The van der Waals surface area contributed by atoms with Crippen molar-refractivity contribution in [1.82, 2.24) is 4.98 Å². The largest absolute Gasteiger partial charge is 0.503 e. The minimum Gasteiger partial charge on any atom is -0.503 e. The second-order valence-electron chi connectivity index (χ2n) is 6.47. The first-order valence-electron chi connectivity index (χ1n) is 8.81. The second kappa shape index (κ2) is 7.21. The van der Waals surface area contributed by atoms with Crippen LogP contribution in [0.5, 0.6) is 11.5 Å². The van der Waals surface area contributed by atoms with Crippen LogP contribution >= 0.6 is 11.3 Å². The number of carbonyl (C=O) groups excluding carboxylic acids is 2. The highest BCUT2D eigenvalue weighted by atomic mass is 32.1. The third kappa shape index (κ3) is 3.01. The van der Waals surface area contributed by atoms with Crippen LogP contribution < -0.4 is 14.4 Å². The number of Topliss-reactive ketones (excluding diaryl/α,β-unsaturated/α-hetero) is 1. The number of nitrogens with zero attached hydrogens (tertiary/aromatic N) is 2. The Morgan fingerprint density at radius 2 is 1.93 bits per heavy atom. The maximum absolute atomic E-state index is 13.0. The Labute approximate surface area is 170 Å². The van der Waals surface area contributed by atoms with Gasteiger partial charge >= 0.3 is 0 Å². The fourth-order valence-electron chi connectivity index (χ4n) is 3.46. The average Bonchev–Trinajstić information content (AvgIpc) is 3.26. The molecule has 1 atom stereocenters. The van der Waals surface area contributed by atoms with Gasteiger partial charge in [-0.05, 0) is 31.2 Å². The van der Waals surface area contributed by atoms with E-state index < -0.39 is 23.5 Å². The molecule has 2 aromatic carbocycles. The van der Waals surface area contributed by atoms with E-state index >= 15 is 0 Å². The van der Waals surface area contributed by atoms with Crippen molar-refractivity contribution in [2.45, 2.75) is 13.0 Å². The highest BCUT2D eigenvalue weighted by Gasteiger charge is 2.45. The van der Waals surface area contributed by atoms with E-state index in [-0.39, 0.29) is 5.57 Å². The van der Waals surface area contributed by atoms with Crippen LogP contribution in [-0.2, 0) is 9.59 Å². The SMILES string of the molecule is COc1ccc(C2C(C(C)=O)=C(O)C(=O)N2c2nc3ccccc3s2)c(OC)c1. The number of benzene rings is 2. The normalized spacial score (nSPS) is 16.6. The molecule has 3 aromatic rings. The van der Waals surface area contributed by atoms with Gasteiger partial charge in [0.1, 0.15) is 17.5 Å². The number of hydrogen-bond donors (Lipinski definition) is 1. The predicted molar refractivity (Wildman–Crippen MR) is 110 cm³/mol. The van der Waals surface area contributed by atoms with Crippen LogP contribution in [0.15, 0.2) is 53.8 Å². The number of anilines is 1. The summed E-state index contributed by atoms with van der Waals surface area (Å²) in [6, 6.07) is 11.7. The molecule has 0 aliphatic carbocycles. The number of fused-ring (bicyclic) bond motifs is 1. The summed E-state index contributed by atoms with van der Waals surface area (Å²) in [5.41, 5.74) is 1.30. The van der Waals surface area contributed by atoms with Crippen LogP contribution in [0.4, 0.5) is 5.13 Å². The minimum absolute atomic E-state index is 0.0118. The number of ketones is 1. The first-order valence-corrected chi connectivity index (χ1v) is 9.63. The molecule has 0 fully saturated rings. The van der Waals surface area contributed by atoms with E-state index in [2.05, 4.69) is 4.98 Å². The zero-order chi connectivity index (χ0) is 20.7. The average molecular weight is 410 g/mol. The van der Waals surface area contributed by atoms with Gasteiger partial charge in [-0.15, -0.1) is 0 Å². The van der Waals surface area contributed by atoms with Crippen LogP contribution in [0.1, 0.15) is 18.5 Å². The van der Waals surface area contributed by atoms with E-state index in [1.807, 2.05) is 24.3 Å². The molecule has 0 saturated carbocycles. The molecule has 1 aliphatic rings. The number of para-hydroxylation sites is 1. The Hall–Kier alpha value is -3.39. The zero-order valence-electron chi connectivity index (χ0n) is 16.0. The lowest BCUT2D eigenvalue weighted by atomic mass is 9.96. The van der Waals surface area contributed by atoms with Crippen molar-refractivity contribution < 1.29 is 24.2 Å². The summed E-state index contributed by atoms with van der Waals surface area (Å²) in [5, 5.41) is 10.9. The zero-order valence-corrected chi connectivity index (χ0v) is 16.8. The summed E-state index contributed by atoms with van der Waals surface area (Å²) in [5.74, 6) is -0.639. The summed E-state index contributed by atoms with van der Waals surface area (Å²) in [7, 11) is 3.03. The first kappa shape index (κ1) is 18.9. The number of ether oxygens (including phenoxy) is 2. The van der Waals surface area contributed by atoms with Gasteiger partial charge in [0.2, 0.25) is 0 Å². The maximum Gasteiger partial charge on any atom is 0.296 e. The molecule has 148 valence electrons. The van der Waals surface area contributed by atoms with Gasteiger partial charge in [0.15, 0.2) is 16.7 Å². The summed E-state index contributed by atoms with van der Waals surface area (Å²) < 4.78 is 11.6. The molecule has 1 aromatic heterocycles. The summed E-state index contributed by atoms with van der Waals surface area (Å²) in [4.78, 5) is 31.2. The Bertz CT molecular complexity index is 1130. The molecule has 1 aliphatic heterocycles. The molecular weight excluding hydrogens is 392 g/mol. The van der Waals surface area contributed by atoms with Crippen LogP contribution in [0.2, 0.25) is 0 Å². The molecule has 0 saturated heterocycles. The lowest BCUT2D eigenvalue weighted by molar-refractivity contribution is -0.117. The third-order valence-electron chi connectivity index (χ3n) is 4.81. The van der Waals surface area contributed by atoms with Crippen molar-refractivity contribution in [2.75, 3.05) is 19.1 Å². The van der Waals surface area contributed by atoms with Crippen LogP contribution in [0.25, 0.3) is 10.2 Å². The number of methoxy groups -OCH3 is 2. The number of aliphatic hydroxyl groups excluding tert-OH is 1. The summed E-state index contributed by atoms with van der Waals surface area (Å²) in [6.07, 6.45) is 0. The molecule has 1 N–H and O–H groups in total. The number of carbonyl (C=O) groups is 2. The number of thiazole rings is 1.